The molecule has 0 saturated carbocycles. The molecule has 2 N–H and O–H groups in total. The van der Waals surface area contributed by atoms with Gasteiger partial charge in [0.2, 0.25) is 0 Å². The lowest BCUT2D eigenvalue weighted by atomic mass is 9.95. The van der Waals surface area contributed by atoms with Gasteiger partial charge >= 0.3 is 11.9 Å². The van der Waals surface area contributed by atoms with Gasteiger partial charge in [-0.3, -0.25) is 14.5 Å². The first-order valence-electron chi connectivity index (χ1n) is 13.5. The highest BCUT2D eigenvalue weighted by molar-refractivity contribution is 7.17. The second-order valence-electron chi connectivity index (χ2n) is 9.35. The second kappa shape index (κ2) is 13.3. The van der Waals surface area contributed by atoms with Crippen molar-refractivity contribution < 1.29 is 38.8 Å². The van der Waals surface area contributed by atoms with Crippen molar-refractivity contribution in [3.8, 4) is 17.2 Å². The fourth-order valence-electron chi connectivity index (χ4n) is 4.39. The summed E-state index contributed by atoms with van der Waals surface area (Å²) in [4.78, 5) is 45.4. The lowest BCUT2D eigenvalue weighted by molar-refractivity contribution is -0.132. The first-order valence-corrected chi connectivity index (χ1v) is 14.3. The predicted molar refractivity (Wildman–Crippen MR) is 158 cm³/mol. The van der Waals surface area contributed by atoms with Crippen LogP contribution in [0, 0.1) is 6.92 Å². The van der Waals surface area contributed by atoms with E-state index >= 15 is 0 Å². The monoisotopic (exact) mass is 592 g/mol. The van der Waals surface area contributed by atoms with E-state index in [-0.39, 0.29) is 40.3 Å². The molecule has 42 heavy (non-hydrogen) atoms. The number of aromatic hydroxyl groups is 1. The lowest BCUT2D eigenvalue weighted by Crippen LogP contribution is -2.29. The molecule has 4 rings (SSSR count). The number of aliphatic hydroxyl groups excluding tert-OH is 1. The predicted octanol–water partition coefficient (Wildman–Crippen LogP) is 5.70. The summed E-state index contributed by atoms with van der Waals surface area (Å²) in [7, 11) is 0. The fraction of sp³-hybridized carbons (Fsp3) is 0.290. The van der Waals surface area contributed by atoms with E-state index in [1.807, 2.05) is 0 Å². The number of hydrogen-bond donors (Lipinski definition) is 2. The number of rotatable bonds is 12. The molecule has 3 aromatic rings. The van der Waals surface area contributed by atoms with Crippen LogP contribution in [0.3, 0.4) is 0 Å². The molecule has 1 aliphatic heterocycles. The minimum atomic E-state index is -1.15. The number of carbonyl (C=O) groups excluding carboxylic acids is 3. The zero-order valence-electron chi connectivity index (χ0n) is 23.6. The van der Waals surface area contributed by atoms with Crippen LogP contribution in [0.1, 0.15) is 59.2 Å². The van der Waals surface area contributed by atoms with Gasteiger partial charge in [-0.05, 0) is 62.2 Å². The number of ether oxygens (including phenoxy) is 3. The third-order valence-corrected chi connectivity index (χ3v) is 7.58. The first-order chi connectivity index (χ1) is 20.2. The second-order valence-corrected chi connectivity index (χ2v) is 10.3. The van der Waals surface area contributed by atoms with Gasteiger partial charge in [0.05, 0.1) is 30.5 Å². The highest BCUT2D eigenvalue weighted by atomic mass is 32.1. The molecular formula is C31H32N2O8S. The number of phenolic OH excluding ortho intramolecular Hbond substituents is 1. The Balaban J connectivity index is 1.84. The average molecular weight is 593 g/mol. The van der Waals surface area contributed by atoms with E-state index in [0.29, 0.717) is 29.2 Å². The van der Waals surface area contributed by atoms with Crippen molar-refractivity contribution in [2.24, 2.45) is 0 Å². The third kappa shape index (κ3) is 6.15. The molecule has 0 aliphatic carbocycles. The molecule has 2 aromatic carbocycles. The van der Waals surface area contributed by atoms with Gasteiger partial charge in [-0.25, -0.2) is 9.78 Å². The van der Waals surface area contributed by atoms with E-state index in [1.165, 1.54) is 24.3 Å². The van der Waals surface area contributed by atoms with Crippen molar-refractivity contribution in [3.05, 3.63) is 82.4 Å². The Morgan fingerprint density at radius 2 is 1.88 bits per heavy atom. The molecular weight excluding hydrogens is 560 g/mol. The zero-order valence-corrected chi connectivity index (χ0v) is 24.4. The van der Waals surface area contributed by atoms with Gasteiger partial charge in [-0.2, -0.15) is 0 Å². The molecule has 1 aliphatic rings. The molecule has 1 saturated heterocycles. The number of unbranched alkanes of at least 4 members (excludes halogenated alkanes) is 1. The molecule has 10 nitrogen and oxygen atoms in total. The summed E-state index contributed by atoms with van der Waals surface area (Å²) in [6.45, 7) is 9.73. The van der Waals surface area contributed by atoms with Gasteiger partial charge in [-0.15, -0.1) is 0 Å². The Kier molecular flexibility index (Phi) is 9.64. The van der Waals surface area contributed by atoms with Gasteiger partial charge in [0.1, 0.15) is 23.0 Å². The van der Waals surface area contributed by atoms with Crippen LogP contribution in [0.5, 0.6) is 17.2 Å². The van der Waals surface area contributed by atoms with E-state index in [4.69, 9.17) is 14.2 Å². The number of esters is 1. The summed E-state index contributed by atoms with van der Waals surface area (Å²) in [5.74, 6) is -2.31. The molecule has 0 spiro atoms. The van der Waals surface area contributed by atoms with Crippen LogP contribution >= 0.6 is 11.3 Å². The summed E-state index contributed by atoms with van der Waals surface area (Å²) < 4.78 is 16.4. The maximum Gasteiger partial charge on any atom is 0.350 e. The number of anilines is 1. The number of amides is 1. The van der Waals surface area contributed by atoms with E-state index < -0.39 is 29.5 Å². The van der Waals surface area contributed by atoms with Crippen LogP contribution in [-0.2, 0) is 14.3 Å². The van der Waals surface area contributed by atoms with Crippen LogP contribution in [0.25, 0.3) is 5.76 Å². The highest BCUT2D eigenvalue weighted by Crippen LogP contribution is 2.45. The van der Waals surface area contributed by atoms with Crippen molar-refractivity contribution in [3.63, 3.8) is 0 Å². The number of hydrogen-bond acceptors (Lipinski definition) is 10. The van der Waals surface area contributed by atoms with Crippen LogP contribution in [0.15, 0.2) is 60.7 Å². The van der Waals surface area contributed by atoms with Crippen LogP contribution in [0.4, 0.5) is 5.13 Å². The number of aliphatic hydroxyl groups is 1. The summed E-state index contributed by atoms with van der Waals surface area (Å²) >= 11 is 0.890. The number of phenols is 1. The van der Waals surface area contributed by atoms with Crippen LogP contribution in [0.2, 0.25) is 0 Å². The molecule has 1 unspecified atom stereocenters. The summed E-state index contributed by atoms with van der Waals surface area (Å²) in [5.41, 5.74) is 0.800. The van der Waals surface area contributed by atoms with Gasteiger partial charge in [-0.1, -0.05) is 43.4 Å². The number of aromatic nitrogens is 1. The number of thiazole rings is 1. The molecule has 1 atom stereocenters. The van der Waals surface area contributed by atoms with E-state index in [2.05, 4.69) is 18.5 Å². The van der Waals surface area contributed by atoms with Gasteiger partial charge in [0, 0.05) is 5.56 Å². The maximum atomic E-state index is 13.5. The molecule has 11 heteroatoms. The van der Waals surface area contributed by atoms with Gasteiger partial charge in [0.25, 0.3) is 5.78 Å². The molecule has 220 valence electrons. The topological polar surface area (TPSA) is 135 Å². The van der Waals surface area contributed by atoms with Crippen molar-refractivity contribution in [2.45, 2.75) is 39.7 Å². The molecule has 0 bridgehead atoms. The molecule has 1 amide bonds. The highest BCUT2D eigenvalue weighted by Gasteiger charge is 2.48. The SMILES string of the molecule is C=CCOC(=O)c1sc(N2C(=O)C(=O)/C(=C(/O)c3ccc(OCCCC)cc3)C2c2ccc(O)c(OCC)c2)nc1C. The van der Waals surface area contributed by atoms with Gasteiger partial charge in [0.15, 0.2) is 16.6 Å². The van der Waals surface area contributed by atoms with E-state index in [9.17, 15) is 24.6 Å². The third-order valence-electron chi connectivity index (χ3n) is 6.45. The molecule has 1 fully saturated rings. The minimum absolute atomic E-state index is 0.00777. The Bertz CT molecular complexity index is 1530. The largest absolute Gasteiger partial charge is 0.507 e. The van der Waals surface area contributed by atoms with Crippen molar-refractivity contribution in [1.82, 2.24) is 4.98 Å². The Morgan fingerprint density at radius 1 is 1.14 bits per heavy atom. The average Bonchev–Trinajstić information content (AvgIpc) is 3.49. The van der Waals surface area contributed by atoms with E-state index in [0.717, 1.165) is 29.1 Å². The zero-order chi connectivity index (χ0) is 30.4. The number of aryl methyl sites for hydroxylation is 1. The number of benzene rings is 2. The Labute approximate surface area is 247 Å². The number of carbonyl (C=O) groups is 3. The number of Topliss-reactive ketones (excluding diaryl/α,β-unsaturated/α-hetero) is 1. The van der Waals surface area contributed by atoms with E-state index in [1.54, 1.807) is 38.1 Å². The van der Waals surface area contributed by atoms with Crippen molar-refractivity contribution in [1.29, 1.82) is 0 Å². The Morgan fingerprint density at radius 3 is 2.55 bits per heavy atom. The van der Waals surface area contributed by atoms with Crippen LogP contribution in [-0.4, -0.2) is 52.7 Å². The lowest BCUT2D eigenvalue weighted by Gasteiger charge is -2.23. The van der Waals surface area contributed by atoms with Crippen molar-refractivity contribution in [2.75, 3.05) is 24.7 Å². The summed E-state index contributed by atoms with van der Waals surface area (Å²) in [6, 6.07) is 9.82. The summed E-state index contributed by atoms with van der Waals surface area (Å²) in [6.07, 6.45) is 3.31. The summed E-state index contributed by atoms with van der Waals surface area (Å²) in [5, 5.41) is 21.8. The molecule has 2 heterocycles. The molecule has 0 radical (unpaired) electrons. The van der Waals surface area contributed by atoms with Crippen LogP contribution < -0.4 is 14.4 Å². The maximum absolute atomic E-state index is 13.5. The normalized spacial score (nSPS) is 16.0. The molecule has 1 aromatic heterocycles. The quantitative estimate of drug-likeness (QED) is 0.0677. The fourth-order valence-corrected chi connectivity index (χ4v) is 5.38. The standard InChI is InChI=1S/C31H32N2O8S/c1-5-8-16-40-21-12-9-19(10-13-21)26(35)24-25(20-11-14-22(34)23(17-20)39-7-3)33(29(37)27(24)36)31-32-18(4)28(42-31)30(38)41-15-6-2/h6,9-14,17,25,34-35H,2,5,7-8,15-16H2,1,3-4H3/b26-24+. The van der Waals surface area contributed by atoms with Crippen molar-refractivity contribution >= 4 is 39.9 Å². The Hall–Kier alpha value is -4.64. The number of ketones is 1. The smallest absolute Gasteiger partial charge is 0.350 e. The van der Waals surface area contributed by atoms with Gasteiger partial charge < -0.3 is 24.4 Å². The first kappa shape index (κ1) is 30.3. The minimum Gasteiger partial charge on any atom is -0.507 e. The number of nitrogens with zero attached hydrogens (tertiary/aromatic N) is 2.